The number of aromatic hydroxyl groups is 1. The van der Waals surface area contributed by atoms with Crippen molar-refractivity contribution in [1.82, 2.24) is 4.90 Å². The van der Waals surface area contributed by atoms with Crippen molar-refractivity contribution in [2.24, 2.45) is 0 Å². The number of benzene rings is 2. The molecule has 7 heteroatoms. The molecule has 1 fully saturated rings. The molecule has 2 aromatic rings. The van der Waals surface area contributed by atoms with Gasteiger partial charge in [0.25, 0.3) is 5.91 Å². The zero-order valence-electron chi connectivity index (χ0n) is 18.3. The second kappa shape index (κ2) is 9.71. The summed E-state index contributed by atoms with van der Waals surface area (Å²) in [4.78, 5) is 18.2. The van der Waals surface area contributed by atoms with Gasteiger partial charge in [-0.2, -0.15) is 0 Å². The molecule has 0 aliphatic carbocycles. The molecule has 7 nitrogen and oxygen atoms in total. The summed E-state index contributed by atoms with van der Waals surface area (Å²) in [6.07, 6.45) is 0. The summed E-state index contributed by atoms with van der Waals surface area (Å²) in [7, 11) is 5.09. The third kappa shape index (κ3) is 5.16. The number of hydrogen-bond acceptors (Lipinski definition) is 5. The van der Waals surface area contributed by atoms with Crippen LogP contribution in [-0.2, 0) is 11.3 Å². The van der Waals surface area contributed by atoms with E-state index in [2.05, 4.69) is 4.90 Å². The van der Waals surface area contributed by atoms with Gasteiger partial charge in [-0.05, 0) is 54.4 Å². The molecule has 3 rings (SSSR count). The zero-order chi connectivity index (χ0) is 21.7. The largest absolute Gasteiger partial charge is 0.508 e. The Kier molecular flexibility index (Phi) is 7.05. The van der Waals surface area contributed by atoms with Crippen LogP contribution in [0.15, 0.2) is 36.4 Å². The molecule has 0 radical (unpaired) electrons. The van der Waals surface area contributed by atoms with Gasteiger partial charge in [0.15, 0.2) is 18.0 Å². The number of nitrogens with one attached hydrogen (secondary N) is 1. The van der Waals surface area contributed by atoms with Crippen LogP contribution in [-0.4, -0.2) is 69.9 Å². The molecule has 0 bridgehead atoms. The van der Waals surface area contributed by atoms with Crippen molar-refractivity contribution in [2.75, 3.05) is 58.9 Å². The maximum absolute atomic E-state index is 12.8. The van der Waals surface area contributed by atoms with Crippen molar-refractivity contribution in [3.8, 4) is 17.2 Å². The van der Waals surface area contributed by atoms with Gasteiger partial charge in [0, 0.05) is 19.3 Å². The smallest absolute Gasteiger partial charge is 0.277 e. The first-order chi connectivity index (χ1) is 14.4. The van der Waals surface area contributed by atoms with Crippen LogP contribution < -0.4 is 19.3 Å². The van der Waals surface area contributed by atoms with Crippen molar-refractivity contribution in [2.45, 2.75) is 13.5 Å². The number of quaternary nitrogens is 1. The number of aryl methyl sites for hydroxylation is 1. The van der Waals surface area contributed by atoms with Gasteiger partial charge in [-0.1, -0.05) is 0 Å². The van der Waals surface area contributed by atoms with Crippen LogP contribution in [0.1, 0.15) is 11.1 Å². The third-order valence-corrected chi connectivity index (χ3v) is 5.76. The maximum Gasteiger partial charge on any atom is 0.277 e. The van der Waals surface area contributed by atoms with E-state index in [9.17, 15) is 9.90 Å². The quantitative estimate of drug-likeness (QED) is 0.710. The molecule has 0 saturated carbocycles. The summed E-state index contributed by atoms with van der Waals surface area (Å²) in [5, 5.41) is 9.45. The number of likely N-dealkylation sites (N-methyl/N-ethyl adjacent to an activating group) is 1. The number of phenols is 1. The first-order valence-electron chi connectivity index (χ1n) is 10.2. The minimum Gasteiger partial charge on any atom is -0.508 e. The Morgan fingerprint density at radius 1 is 1.10 bits per heavy atom. The number of hydrogen-bond donors (Lipinski definition) is 2. The molecule has 2 aromatic carbocycles. The van der Waals surface area contributed by atoms with Gasteiger partial charge in [-0.25, -0.2) is 0 Å². The highest BCUT2D eigenvalue weighted by Gasteiger charge is 2.24. The number of phenolic OH excluding ortho intramolecular Hbond substituents is 1. The lowest BCUT2D eigenvalue weighted by molar-refractivity contribution is -0.892. The molecule has 0 unspecified atom stereocenters. The number of carbonyl (C=O) groups excluding carboxylic acids is 1. The SMILES string of the molecule is COc1cc(C)c(CN(C)C(=O)C[NH+]2CCN(c3ccc(O)cc3)CC2)cc1OC. The highest BCUT2D eigenvalue weighted by atomic mass is 16.5. The van der Waals surface area contributed by atoms with Crippen molar-refractivity contribution >= 4 is 11.6 Å². The number of methoxy groups -OCH3 is 2. The second-order valence-corrected chi connectivity index (χ2v) is 7.81. The molecule has 162 valence electrons. The number of carbonyl (C=O) groups is 1. The Balaban J connectivity index is 1.53. The summed E-state index contributed by atoms with van der Waals surface area (Å²) < 4.78 is 10.7. The number of amides is 1. The first-order valence-corrected chi connectivity index (χ1v) is 10.2. The molecule has 2 N–H and O–H groups in total. The number of anilines is 1. The van der Waals surface area contributed by atoms with Gasteiger partial charge < -0.3 is 29.3 Å². The molecule has 1 saturated heterocycles. The molecular formula is C23H32N3O4+. The van der Waals surface area contributed by atoms with E-state index in [1.165, 1.54) is 4.90 Å². The summed E-state index contributed by atoms with van der Waals surface area (Å²) in [6.45, 7) is 6.66. The number of nitrogens with zero attached hydrogens (tertiary/aromatic N) is 2. The lowest BCUT2D eigenvalue weighted by Crippen LogP contribution is -3.15. The molecule has 1 aliphatic heterocycles. The summed E-state index contributed by atoms with van der Waals surface area (Å²) in [5.74, 6) is 1.79. The van der Waals surface area contributed by atoms with E-state index in [0.29, 0.717) is 24.6 Å². The van der Waals surface area contributed by atoms with Crippen molar-refractivity contribution in [3.05, 3.63) is 47.5 Å². The normalized spacial score (nSPS) is 14.5. The van der Waals surface area contributed by atoms with Crippen LogP contribution in [0.2, 0.25) is 0 Å². The molecule has 1 amide bonds. The second-order valence-electron chi connectivity index (χ2n) is 7.81. The van der Waals surface area contributed by atoms with Gasteiger partial charge in [0.2, 0.25) is 0 Å². The van der Waals surface area contributed by atoms with Gasteiger partial charge in [0.1, 0.15) is 5.75 Å². The lowest BCUT2D eigenvalue weighted by atomic mass is 10.1. The van der Waals surface area contributed by atoms with E-state index in [1.807, 2.05) is 38.2 Å². The van der Waals surface area contributed by atoms with E-state index in [0.717, 1.165) is 43.0 Å². The number of piperazine rings is 1. The van der Waals surface area contributed by atoms with Crippen molar-refractivity contribution in [1.29, 1.82) is 0 Å². The van der Waals surface area contributed by atoms with Crippen LogP contribution in [0.25, 0.3) is 0 Å². The topological polar surface area (TPSA) is 66.7 Å². The minimum absolute atomic E-state index is 0.136. The fourth-order valence-corrected chi connectivity index (χ4v) is 3.81. The first kappa shape index (κ1) is 21.8. The minimum atomic E-state index is 0.136. The summed E-state index contributed by atoms with van der Waals surface area (Å²) in [5.41, 5.74) is 3.23. The fourth-order valence-electron chi connectivity index (χ4n) is 3.81. The molecular weight excluding hydrogens is 382 g/mol. The van der Waals surface area contributed by atoms with Crippen LogP contribution in [0.5, 0.6) is 17.2 Å². The van der Waals surface area contributed by atoms with Gasteiger partial charge in [-0.15, -0.1) is 0 Å². The summed E-state index contributed by atoms with van der Waals surface area (Å²) in [6, 6.07) is 11.2. The Labute approximate surface area is 178 Å². The Bertz CT molecular complexity index is 861. The molecule has 30 heavy (non-hydrogen) atoms. The number of rotatable bonds is 7. The summed E-state index contributed by atoms with van der Waals surface area (Å²) >= 11 is 0. The predicted molar refractivity (Wildman–Crippen MR) is 117 cm³/mol. The van der Waals surface area contributed by atoms with Gasteiger partial charge >= 0.3 is 0 Å². The third-order valence-electron chi connectivity index (χ3n) is 5.76. The monoisotopic (exact) mass is 414 g/mol. The van der Waals surface area contributed by atoms with Gasteiger partial charge in [0.05, 0.1) is 40.4 Å². The molecule has 1 heterocycles. The molecule has 0 atom stereocenters. The molecule has 0 spiro atoms. The average Bonchev–Trinajstić information content (AvgIpc) is 2.75. The Morgan fingerprint density at radius 2 is 1.70 bits per heavy atom. The Morgan fingerprint density at radius 3 is 2.30 bits per heavy atom. The van der Waals surface area contributed by atoms with E-state index in [4.69, 9.17) is 9.47 Å². The van der Waals surface area contributed by atoms with Crippen LogP contribution in [0, 0.1) is 6.92 Å². The highest BCUT2D eigenvalue weighted by Crippen LogP contribution is 2.30. The fraction of sp³-hybridized carbons (Fsp3) is 0.435. The van der Waals surface area contributed by atoms with Crippen molar-refractivity contribution < 1.29 is 24.3 Å². The lowest BCUT2D eigenvalue weighted by Gasteiger charge is -2.34. The Hall–Kier alpha value is -2.93. The van der Waals surface area contributed by atoms with Crippen LogP contribution in [0.3, 0.4) is 0 Å². The van der Waals surface area contributed by atoms with Crippen molar-refractivity contribution in [3.63, 3.8) is 0 Å². The van der Waals surface area contributed by atoms with E-state index < -0.39 is 0 Å². The highest BCUT2D eigenvalue weighted by molar-refractivity contribution is 5.77. The van der Waals surface area contributed by atoms with Crippen LogP contribution in [0.4, 0.5) is 5.69 Å². The zero-order valence-corrected chi connectivity index (χ0v) is 18.3. The average molecular weight is 415 g/mol. The van der Waals surface area contributed by atoms with E-state index >= 15 is 0 Å². The molecule has 0 aromatic heterocycles. The predicted octanol–water partition coefficient (Wildman–Crippen LogP) is 1.08. The van der Waals surface area contributed by atoms with E-state index in [-0.39, 0.29) is 11.7 Å². The van der Waals surface area contributed by atoms with Gasteiger partial charge in [-0.3, -0.25) is 4.79 Å². The van der Waals surface area contributed by atoms with E-state index in [1.54, 1.807) is 31.3 Å². The maximum atomic E-state index is 12.8. The molecule has 1 aliphatic rings. The van der Waals surface area contributed by atoms with Crippen LogP contribution >= 0.6 is 0 Å². The number of ether oxygens (including phenoxy) is 2. The standard InChI is InChI=1S/C23H31N3O4/c1-17-13-21(29-3)22(30-4)14-18(17)15-24(2)23(28)16-25-9-11-26(12-10-25)19-5-7-20(27)8-6-19/h5-8,13-14,27H,9-12,15-16H2,1-4H3/p+1.